The summed E-state index contributed by atoms with van der Waals surface area (Å²) in [6, 6.07) is 0. The Balaban J connectivity index is 3.52. The van der Waals surface area contributed by atoms with Crippen molar-refractivity contribution < 1.29 is 9.47 Å². The first-order valence-electron chi connectivity index (χ1n) is 3.44. The molecule has 0 aromatic rings. The summed E-state index contributed by atoms with van der Waals surface area (Å²) in [5.41, 5.74) is 0. The summed E-state index contributed by atoms with van der Waals surface area (Å²) in [6.45, 7) is 3.97. The Hall–Kier alpha value is -0.340. The molecule has 2 atom stereocenters. The van der Waals surface area contributed by atoms with Crippen molar-refractivity contribution in [1.29, 1.82) is 0 Å². The van der Waals surface area contributed by atoms with Crippen LogP contribution >= 0.6 is 0 Å². The Morgan fingerprint density at radius 3 is 1.40 bits per heavy atom. The van der Waals surface area contributed by atoms with Gasteiger partial charge in [0.2, 0.25) is 0 Å². The van der Waals surface area contributed by atoms with Crippen LogP contribution in [0.4, 0.5) is 0 Å². The summed E-state index contributed by atoms with van der Waals surface area (Å²) in [4.78, 5) is 0. The van der Waals surface area contributed by atoms with Gasteiger partial charge in [0.1, 0.15) is 0 Å². The third kappa shape index (κ3) is 4.53. The van der Waals surface area contributed by atoms with Crippen molar-refractivity contribution in [2.75, 3.05) is 14.2 Å². The Morgan fingerprint density at radius 1 is 0.900 bits per heavy atom. The van der Waals surface area contributed by atoms with E-state index in [1.807, 2.05) is 26.0 Å². The maximum absolute atomic E-state index is 5.00. The average Bonchev–Trinajstić information content (AvgIpc) is 1.99. The van der Waals surface area contributed by atoms with Gasteiger partial charge in [-0.2, -0.15) is 0 Å². The number of ether oxygens (including phenoxy) is 2. The van der Waals surface area contributed by atoms with E-state index in [-0.39, 0.29) is 12.2 Å². The minimum absolute atomic E-state index is 0.178. The monoisotopic (exact) mass is 144 g/mol. The molecule has 0 spiro atoms. The molecule has 0 aliphatic carbocycles. The molecule has 0 fully saturated rings. The van der Waals surface area contributed by atoms with Crippen LogP contribution < -0.4 is 0 Å². The number of methoxy groups -OCH3 is 2. The zero-order valence-corrected chi connectivity index (χ0v) is 7.13. The molecule has 0 rings (SSSR count). The Labute approximate surface area is 62.8 Å². The quantitative estimate of drug-likeness (QED) is 0.558. The molecule has 2 unspecified atom stereocenters. The predicted molar refractivity (Wildman–Crippen MR) is 42.1 cm³/mol. The molecule has 0 bridgehead atoms. The highest BCUT2D eigenvalue weighted by Gasteiger charge is 1.93. The third-order valence-corrected chi connectivity index (χ3v) is 1.40. The second-order valence-corrected chi connectivity index (χ2v) is 2.27. The van der Waals surface area contributed by atoms with Crippen molar-refractivity contribution in [3.8, 4) is 0 Å². The summed E-state index contributed by atoms with van der Waals surface area (Å²) in [5.74, 6) is 0. The summed E-state index contributed by atoms with van der Waals surface area (Å²) in [5, 5.41) is 0. The molecule has 0 aromatic heterocycles. The van der Waals surface area contributed by atoms with Crippen molar-refractivity contribution in [2.45, 2.75) is 26.1 Å². The van der Waals surface area contributed by atoms with Gasteiger partial charge in [-0.25, -0.2) is 0 Å². The van der Waals surface area contributed by atoms with Gasteiger partial charge >= 0.3 is 0 Å². The molecule has 0 N–H and O–H groups in total. The fraction of sp³-hybridized carbons (Fsp3) is 0.750. The topological polar surface area (TPSA) is 18.5 Å². The zero-order chi connectivity index (χ0) is 7.98. The molecule has 0 amide bonds. The van der Waals surface area contributed by atoms with Crippen molar-refractivity contribution in [3.05, 3.63) is 12.2 Å². The zero-order valence-electron chi connectivity index (χ0n) is 7.13. The van der Waals surface area contributed by atoms with Gasteiger partial charge in [0.05, 0.1) is 12.2 Å². The van der Waals surface area contributed by atoms with Crippen molar-refractivity contribution in [2.24, 2.45) is 0 Å². The molecule has 0 aliphatic rings. The fourth-order valence-electron chi connectivity index (χ4n) is 0.470. The Morgan fingerprint density at radius 2 is 1.20 bits per heavy atom. The van der Waals surface area contributed by atoms with Gasteiger partial charge in [-0.3, -0.25) is 0 Å². The first-order chi connectivity index (χ1) is 4.70. The molecule has 2 heteroatoms. The predicted octanol–water partition coefficient (Wildman–Crippen LogP) is 1.61. The lowest BCUT2D eigenvalue weighted by Gasteiger charge is -2.05. The summed E-state index contributed by atoms with van der Waals surface area (Å²) < 4.78 is 10.0. The Bertz CT molecular complexity index is 87.4. The summed E-state index contributed by atoms with van der Waals surface area (Å²) >= 11 is 0. The molecule has 0 saturated heterocycles. The highest BCUT2D eigenvalue weighted by atomic mass is 16.5. The standard InChI is InChI=1S/C8H16O2/c1-7(9-3)5-6-8(2)10-4/h5-8H,1-4H3/b6-5+. The highest BCUT2D eigenvalue weighted by Crippen LogP contribution is 1.94. The second-order valence-electron chi connectivity index (χ2n) is 2.27. The minimum atomic E-state index is 0.178. The smallest absolute Gasteiger partial charge is 0.0724 e. The lowest BCUT2D eigenvalue weighted by atomic mass is 10.3. The second kappa shape index (κ2) is 5.45. The average molecular weight is 144 g/mol. The fourth-order valence-corrected chi connectivity index (χ4v) is 0.470. The van der Waals surface area contributed by atoms with E-state index >= 15 is 0 Å². The van der Waals surface area contributed by atoms with E-state index in [1.165, 1.54) is 0 Å². The van der Waals surface area contributed by atoms with Crippen molar-refractivity contribution in [1.82, 2.24) is 0 Å². The molecule has 2 nitrogen and oxygen atoms in total. The highest BCUT2D eigenvalue weighted by molar-refractivity contribution is 4.91. The van der Waals surface area contributed by atoms with E-state index < -0.39 is 0 Å². The number of hydrogen-bond donors (Lipinski definition) is 0. The van der Waals surface area contributed by atoms with Gasteiger partial charge in [-0.1, -0.05) is 12.2 Å². The van der Waals surface area contributed by atoms with Crippen molar-refractivity contribution >= 4 is 0 Å². The van der Waals surface area contributed by atoms with E-state index in [0.29, 0.717) is 0 Å². The Kier molecular flexibility index (Phi) is 5.26. The molecular weight excluding hydrogens is 128 g/mol. The van der Waals surface area contributed by atoms with Crippen LogP contribution in [0.1, 0.15) is 13.8 Å². The minimum Gasteiger partial charge on any atom is -0.378 e. The normalized spacial score (nSPS) is 17.6. The van der Waals surface area contributed by atoms with Crippen LogP contribution in [0.3, 0.4) is 0 Å². The van der Waals surface area contributed by atoms with E-state index in [0.717, 1.165) is 0 Å². The number of hydrogen-bond acceptors (Lipinski definition) is 2. The third-order valence-electron chi connectivity index (χ3n) is 1.40. The van der Waals surface area contributed by atoms with E-state index in [1.54, 1.807) is 14.2 Å². The summed E-state index contributed by atoms with van der Waals surface area (Å²) in [7, 11) is 3.37. The molecule has 0 saturated carbocycles. The molecule has 0 radical (unpaired) electrons. The van der Waals surface area contributed by atoms with Crippen LogP contribution in [0.25, 0.3) is 0 Å². The van der Waals surface area contributed by atoms with E-state index in [2.05, 4.69) is 0 Å². The molecule has 0 heterocycles. The van der Waals surface area contributed by atoms with Crippen LogP contribution in [0.5, 0.6) is 0 Å². The first kappa shape index (κ1) is 9.66. The van der Waals surface area contributed by atoms with Gasteiger partial charge in [-0.15, -0.1) is 0 Å². The summed E-state index contributed by atoms with van der Waals surface area (Å²) in [6.07, 6.45) is 4.32. The first-order valence-corrected chi connectivity index (χ1v) is 3.44. The van der Waals surface area contributed by atoms with Crippen molar-refractivity contribution in [3.63, 3.8) is 0 Å². The van der Waals surface area contributed by atoms with Gasteiger partial charge in [-0.05, 0) is 13.8 Å². The van der Waals surface area contributed by atoms with Gasteiger partial charge in [0, 0.05) is 14.2 Å². The molecular formula is C8H16O2. The molecule has 0 aromatic carbocycles. The SMILES string of the molecule is COC(C)/C=C/C(C)OC. The van der Waals surface area contributed by atoms with E-state index in [4.69, 9.17) is 9.47 Å². The maximum atomic E-state index is 5.00. The van der Waals surface area contributed by atoms with Crippen LogP contribution in [0.15, 0.2) is 12.2 Å². The van der Waals surface area contributed by atoms with Crippen LogP contribution in [-0.2, 0) is 9.47 Å². The maximum Gasteiger partial charge on any atom is 0.0724 e. The van der Waals surface area contributed by atoms with Gasteiger partial charge < -0.3 is 9.47 Å². The molecule has 0 aliphatic heterocycles. The van der Waals surface area contributed by atoms with Gasteiger partial charge in [0.15, 0.2) is 0 Å². The number of rotatable bonds is 4. The van der Waals surface area contributed by atoms with E-state index in [9.17, 15) is 0 Å². The molecule has 10 heavy (non-hydrogen) atoms. The van der Waals surface area contributed by atoms with Gasteiger partial charge in [0.25, 0.3) is 0 Å². The van der Waals surface area contributed by atoms with Crippen LogP contribution in [0, 0.1) is 0 Å². The van der Waals surface area contributed by atoms with Crippen LogP contribution in [-0.4, -0.2) is 26.4 Å². The lowest BCUT2D eigenvalue weighted by Crippen LogP contribution is -2.04. The van der Waals surface area contributed by atoms with Crippen LogP contribution in [0.2, 0.25) is 0 Å². The largest absolute Gasteiger partial charge is 0.378 e. The lowest BCUT2D eigenvalue weighted by molar-refractivity contribution is 0.143. The molecule has 60 valence electrons.